The molecule has 6 nitrogen and oxygen atoms in total. The highest BCUT2D eigenvalue weighted by molar-refractivity contribution is 7.89. The van der Waals surface area contributed by atoms with Gasteiger partial charge in [-0.05, 0) is 48.5 Å². The molecule has 0 saturated carbocycles. The van der Waals surface area contributed by atoms with Crippen LogP contribution >= 0.6 is 0 Å². The third-order valence-electron chi connectivity index (χ3n) is 4.61. The van der Waals surface area contributed by atoms with E-state index in [1.165, 1.54) is 35.7 Å². The predicted octanol–water partition coefficient (Wildman–Crippen LogP) is 3.24. The molecule has 0 spiro atoms. The van der Waals surface area contributed by atoms with Gasteiger partial charge in [0.1, 0.15) is 11.6 Å². The number of sulfonamides is 1. The molecule has 4 rings (SSSR count). The minimum Gasteiger partial charge on any atom is -0.497 e. The number of benzene rings is 2. The van der Waals surface area contributed by atoms with Gasteiger partial charge in [-0.1, -0.05) is 5.16 Å². The lowest BCUT2D eigenvalue weighted by molar-refractivity contribution is 0.386. The summed E-state index contributed by atoms with van der Waals surface area (Å²) in [6.07, 6.45) is 0.454. The van der Waals surface area contributed by atoms with E-state index >= 15 is 0 Å². The molecule has 0 saturated heterocycles. The Labute approximate surface area is 156 Å². The first-order valence-corrected chi connectivity index (χ1v) is 9.80. The summed E-state index contributed by atoms with van der Waals surface area (Å²) < 4.78 is 51.1. The molecule has 3 aromatic rings. The molecule has 1 aliphatic rings. The van der Waals surface area contributed by atoms with E-state index in [9.17, 15) is 12.8 Å². The summed E-state index contributed by atoms with van der Waals surface area (Å²) in [7, 11) is -2.14. The van der Waals surface area contributed by atoms with E-state index in [-0.39, 0.29) is 17.3 Å². The molecule has 0 amide bonds. The Bertz CT molecular complexity index is 1060. The monoisotopic (exact) mass is 388 g/mol. The van der Waals surface area contributed by atoms with E-state index in [0.29, 0.717) is 35.6 Å². The van der Waals surface area contributed by atoms with Gasteiger partial charge in [0.2, 0.25) is 10.0 Å². The molecular weight excluding hydrogens is 371 g/mol. The van der Waals surface area contributed by atoms with Crippen LogP contribution in [0.15, 0.2) is 57.9 Å². The normalized spacial score (nSPS) is 14.7. The van der Waals surface area contributed by atoms with Gasteiger partial charge in [0, 0.05) is 30.6 Å². The maximum atomic E-state index is 13.2. The van der Waals surface area contributed by atoms with Crippen molar-refractivity contribution in [2.45, 2.75) is 17.9 Å². The fourth-order valence-electron chi connectivity index (χ4n) is 3.12. The van der Waals surface area contributed by atoms with Crippen LogP contribution in [0.5, 0.6) is 5.75 Å². The third kappa shape index (κ3) is 3.22. The Morgan fingerprint density at radius 3 is 2.48 bits per heavy atom. The fraction of sp³-hybridized carbons (Fsp3) is 0.211. The molecule has 8 heteroatoms. The van der Waals surface area contributed by atoms with Crippen molar-refractivity contribution >= 4 is 10.0 Å². The number of aromatic nitrogens is 1. The summed E-state index contributed by atoms with van der Waals surface area (Å²) in [6, 6.07) is 12.1. The summed E-state index contributed by atoms with van der Waals surface area (Å²) in [5.74, 6) is 0.711. The van der Waals surface area contributed by atoms with Gasteiger partial charge in [-0.15, -0.1) is 0 Å². The van der Waals surface area contributed by atoms with E-state index in [1.54, 1.807) is 24.3 Å². The van der Waals surface area contributed by atoms with Gasteiger partial charge in [-0.25, -0.2) is 12.8 Å². The summed E-state index contributed by atoms with van der Waals surface area (Å²) >= 11 is 0. The molecule has 2 aromatic carbocycles. The smallest absolute Gasteiger partial charge is 0.243 e. The number of methoxy groups -OCH3 is 1. The average Bonchev–Trinajstić information content (AvgIpc) is 3.12. The zero-order chi connectivity index (χ0) is 19.0. The Hall–Kier alpha value is -2.71. The Morgan fingerprint density at radius 2 is 1.81 bits per heavy atom. The standard InChI is InChI=1S/C19H17FN2O4S/c1-25-15-6-8-16(9-7-15)27(23,24)22-11-10-18-17(12-22)19(26-21-18)13-2-4-14(20)5-3-13/h2-9H,10-12H2,1H3. The molecule has 27 heavy (non-hydrogen) atoms. The minimum absolute atomic E-state index is 0.153. The van der Waals surface area contributed by atoms with Gasteiger partial charge in [-0.2, -0.15) is 4.31 Å². The molecule has 0 N–H and O–H groups in total. The van der Waals surface area contributed by atoms with Gasteiger partial charge in [-0.3, -0.25) is 0 Å². The first-order valence-electron chi connectivity index (χ1n) is 8.36. The maximum absolute atomic E-state index is 13.2. The number of rotatable bonds is 4. The van der Waals surface area contributed by atoms with Crippen molar-refractivity contribution in [2.24, 2.45) is 0 Å². The second-order valence-corrected chi connectivity index (χ2v) is 8.15. The highest BCUT2D eigenvalue weighted by Gasteiger charge is 2.32. The van der Waals surface area contributed by atoms with Crippen LogP contribution in [0, 0.1) is 5.82 Å². The van der Waals surface area contributed by atoms with E-state index < -0.39 is 10.0 Å². The number of ether oxygens (including phenoxy) is 1. The molecule has 0 fully saturated rings. The topological polar surface area (TPSA) is 72.6 Å². The van der Waals surface area contributed by atoms with Crippen molar-refractivity contribution in [2.75, 3.05) is 13.7 Å². The quantitative estimate of drug-likeness (QED) is 0.686. The Kier molecular flexibility index (Phi) is 4.45. The lowest BCUT2D eigenvalue weighted by atomic mass is 10.0. The van der Waals surface area contributed by atoms with E-state index in [2.05, 4.69) is 5.16 Å². The minimum atomic E-state index is -3.66. The van der Waals surface area contributed by atoms with Crippen LogP contribution in [0.4, 0.5) is 4.39 Å². The molecule has 140 valence electrons. The van der Waals surface area contributed by atoms with Gasteiger partial charge in [0.15, 0.2) is 5.76 Å². The molecular formula is C19H17FN2O4S. The van der Waals surface area contributed by atoms with E-state index in [0.717, 1.165) is 5.69 Å². The fourth-order valence-corrected chi connectivity index (χ4v) is 4.53. The van der Waals surface area contributed by atoms with Gasteiger partial charge in [0.25, 0.3) is 0 Å². The summed E-state index contributed by atoms with van der Waals surface area (Å²) in [4.78, 5) is 0.200. The Balaban J connectivity index is 1.66. The van der Waals surface area contributed by atoms with Crippen LogP contribution < -0.4 is 4.74 Å². The zero-order valence-electron chi connectivity index (χ0n) is 14.6. The van der Waals surface area contributed by atoms with Crippen molar-refractivity contribution in [1.82, 2.24) is 9.46 Å². The predicted molar refractivity (Wildman–Crippen MR) is 96.2 cm³/mol. The maximum Gasteiger partial charge on any atom is 0.243 e. The lowest BCUT2D eigenvalue weighted by Gasteiger charge is -2.25. The molecule has 0 unspecified atom stereocenters. The molecule has 0 atom stereocenters. The highest BCUT2D eigenvalue weighted by Crippen LogP contribution is 2.33. The van der Waals surface area contributed by atoms with Gasteiger partial charge < -0.3 is 9.26 Å². The van der Waals surface area contributed by atoms with Crippen molar-refractivity contribution in [3.8, 4) is 17.1 Å². The van der Waals surface area contributed by atoms with E-state index in [4.69, 9.17) is 9.26 Å². The largest absolute Gasteiger partial charge is 0.497 e. The van der Waals surface area contributed by atoms with Gasteiger partial charge in [0.05, 0.1) is 17.7 Å². The molecule has 0 aliphatic carbocycles. The molecule has 0 bridgehead atoms. The van der Waals surface area contributed by atoms with Crippen molar-refractivity contribution in [3.05, 3.63) is 65.6 Å². The van der Waals surface area contributed by atoms with Crippen molar-refractivity contribution in [3.63, 3.8) is 0 Å². The third-order valence-corrected chi connectivity index (χ3v) is 6.47. The Morgan fingerprint density at radius 1 is 1.11 bits per heavy atom. The highest BCUT2D eigenvalue weighted by atomic mass is 32.2. The SMILES string of the molecule is COc1ccc(S(=O)(=O)N2CCc3noc(-c4ccc(F)cc4)c3C2)cc1. The van der Waals surface area contributed by atoms with Gasteiger partial charge >= 0.3 is 0 Å². The first kappa shape index (κ1) is 17.7. The number of hydrogen-bond acceptors (Lipinski definition) is 5. The van der Waals surface area contributed by atoms with Crippen LogP contribution in [0.3, 0.4) is 0 Å². The van der Waals surface area contributed by atoms with E-state index in [1.807, 2.05) is 0 Å². The van der Waals surface area contributed by atoms with Crippen molar-refractivity contribution in [1.29, 1.82) is 0 Å². The summed E-state index contributed by atoms with van der Waals surface area (Å²) in [5.41, 5.74) is 2.11. The lowest BCUT2D eigenvalue weighted by Crippen LogP contribution is -2.35. The van der Waals surface area contributed by atoms with Crippen LogP contribution in [-0.4, -0.2) is 31.5 Å². The second kappa shape index (κ2) is 6.79. The van der Waals surface area contributed by atoms with Crippen LogP contribution in [0.25, 0.3) is 11.3 Å². The van der Waals surface area contributed by atoms with Crippen LogP contribution in [0.1, 0.15) is 11.3 Å². The number of fused-ring (bicyclic) bond motifs is 1. The number of halogens is 1. The molecule has 0 radical (unpaired) electrons. The molecule has 1 aliphatic heterocycles. The second-order valence-electron chi connectivity index (χ2n) is 6.21. The number of nitrogens with zero attached hydrogens (tertiary/aromatic N) is 2. The molecule has 1 aromatic heterocycles. The van der Waals surface area contributed by atoms with Crippen LogP contribution in [-0.2, 0) is 23.0 Å². The summed E-state index contributed by atoms with van der Waals surface area (Å²) in [6.45, 7) is 0.469. The zero-order valence-corrected chi connectivity index (χ0v) is 15.4. The van der Waals surface area contributed by atoms with Crippen molar-refractivity contribution < 1.29 is 22.1 Å². The average molecular weight is 388 g/mol. The first-order chi connectivity index (χ1) is 13.0. The van der Waals surface area contributed by atoms with Crippen LogP contribution in [0.2, 0.25) is 0 Å². The molecule has 2 heterocycles. The number of hydrogen-bond donors (Lipinski definition) is 0. The summed E-state index contributed by atoms with van der Waals surface area (Å²) in [5, 5.41) is 4.06.